The normalized spacial score (nSPS) is 30.8. The number of piperazine rings is 1. The highest BCUT2D eigenvalue weighted by Gasteiger charge is 2.40. The molecule has 0 aromatic heterocycles. The number of amides is 3. The van der Waals surface area contributed by atoms with Crippen LogP contribution in [0.4, 0.5) is 13.6 Å². The lowest BCUT2D eigenvalue weighted by Gasteiger charge is -2.45. The highest BCUT2D eigenvalue weighted by atomic mass is 19.1. The predicted octanol–water partition coefficient (Wildman–Crippen LogP) is 2.66. The van der Waals surface area contributed by atoms with Crippen molar-refractivity contribution < 1.29 is 18.4 Å². The zero-order chi connectivity index (χ0) is 18.3. The SMILES string of the molecule is O=C1CN(C(=O)NC2CC(c3ccc(F)cc3F)C2)C2CCCCC2N1. The van der Waals surface area contributed by atoms with E-state index in [4.69, 9.17) is 0 Å². The second kappa shape index (κ2) is 6.85. The Morgan fingerprint density at radius 3 is 2.73 bits per heavy atom. The first-order valence-electron chi connectivity index (χ1n) is 9.32. The lowest BCUT2D eigenvalue weighted by Crippen LogP contribution is -2.65. The van der Waals surface area contributed by atoms with Gasteiger partial charge in [0.1, 0.15) is 18.2 Å². The van der Waals surface area contributed by atoms with Crippen LogP contribution >= 0.6 is 0 Å². The maximum Gasteiger partial charge on any atom is 0.318 e. The monoisotopic (exact) mass is 363 g/mol. The summed E-state index contributed by atoms with van der Waals surface area (Å²) < 4.78 is 26.9. The molecule has 1 aliphatic heterocycles. The lowest BCUT2D eigenvalue weighted by atomic mass is 9.75. The molecule has 3 fully saturated rings. The summed E-state index contributed by atoms with van der Waals surface area (Å²) in [6, 6.07) is 3.51. The summed E-state index contributed by atoms with van der Waals surface area (Å²) in [5.41, 5.74) is 0.501. The van der Waals surface area contributed by atoms with Crippen LogP contribution in [0.15, 0.2) is 18.2 Å². The smallest absolute Gasteiger partial charge is 0.318 e. The number of hydrogen-bond donors (Lipinski definition) is 2. The number of hydrogen-bond acceptors (Lipinski definition) is 2. The van der Waals surface area contributed by atoms with Gasteiger partial charge in [-0.05, 0) is 43.2 Å². The van der Waals surface area contributed by atoms with Gasteiger partial charge in [-0.25, -0.2) is 13.6 Å². The molecule has 1 aromatic rings. The molecule has 2 atom stereocenters. The number of nitrogens with zero attached hydrogens (tertiary/aromatic N) is 1. The molecule has 1 heterocycles. The summed E-state index contributed by atoms with van der Waals surface area (Å²) in [6.45, 7) is 0.0930. The fraction of sp³-hybridized carbons (Fsp3) is 0.579. The first-order chi connectivity index (χ1) is 12.5. The average Bonchev–Trinajstić information content (AvgIpc) is 2.57. The number of halogens is 2. The van der Waals surface area contributed by atoms with Crippen LogP contribution < -0.4 is 10.6 Å². The molecule has 26 heavy (non-hydrogen) atoms. The number of carbonyl (C=O) groups is 2. The van der Waals surface area contributed by atoms with Crippen LogP contribution in [0.1, 0.15) is 50.0 Å². The minimum atomic E-state index is -0.583. The highest BCUT2D eigenvalue weighted by molar-refractivity contribution is 5.86. The zero-order valence-corrected chi connectivity index (χ0v) is 14.5. The molecule has 2 unspecified atom stereocenters. The Morgan fingerprint density at radius 1 is 1.19 bits per heavy atom. The topological polar surface area (TPSA) is 61.4 Å². The largest absolute Gasteiger partial charge is 0.350 e. The van der Waals surface area contributed by atoms with Crippen LogP contribution in [-0.2, 0) is 4.79 Å². The van der Waals surface area contributed by atoms with Crippen molar-refractivity contribution in [1.29, 1.82) is 0 Å². The van der Waals surface area contributed by atoms with E-state index in [0.717, 1.165) is 31.7 Å². The third kappa shape index (κ3) is 3.27. The maximum atomic E-state index is 13.9. The van der Waals surface area contributed by atoms with E-state index in [9.17, 15) is 18.4 Å². The second-order valence-electron chi connectivity index (χ2n) is 7.63. The molecule has 0 spiro atoms. The molecule has 0 bridgehead atoms. The Balaban J connectivity index is 1.35. The number of fused-ring (bicyclic) bond motifs is 1. The molecule has 2 aliphatic carbocycles. The van der Waals surface area contributed by atoms with Gasteiger partial charge >= 0.3 is 6.03 Å². The van der Waals surface area contributed by atoms with Gasteiger partial charge < -0.3 is 15.5 Å². The Morgan fingerprint density at radius 2 is 1.96 bits per heavy atom. The van der Waals surface area contributed by atoms with Crippen LogP contribution in [0, 0.1) is 11.6 Å². The Hall–Kier alpha value is -2.18. The summed E-state index contributed by atoms with van der Waals surface area (Å²) in [7, 11) is 0. The van der Waals surface area contributed by atoms with Gasteiger partial charge in [0.25, 0.3) is 0 Å². The lowest BCUT2D eigenvalue weighted by molar-refractivity contribution is -0.126. The van der Waals surface area contributed by atoms with E-state index in [2.05, 4.69) is 10.6 Å². The number of urea groups is 1. The molecule has 3 aliphatic rings. The maximum absolute atomic E-state index is 13.9. The van der Waals surface area contributed by atoms with Gasteiger partial charge in [-0.15, -0.1) is 0 Å². The Kier molecular flexibility index (Phi) is 4.54. The van der Waals surface area contributed by atoms with Gasteiger partial charge in [0.2, 0.25) is 5.91 Å². The zero-order valence-electron chi connectivity index (χ0n) is 14.5. The van der Waals surface area contributed by atoms with Gasteiger partial charge in [0, 0.05) is 18.2 Å². The number of benzene rings is 1. The van der Waals surface area contributed by atoms with Crippen LogP contribution in [0.25, 0.3) is 0 Å². The molecule has 1 saturated heterocycles. The summed E-state index contributed by atoms with van der Waals surface area (Å²) >= 11 is 0. The van der Waals surface area contributed by atoms with E-state index >= 15 is 0 Å². The van der Waals surface area contributed by atoms with Crippen molar-refractivity contribution in [3.8, 4) is 0 Å². The Labute approximate surface area is 151 Å². The van der Waals surface area contributed by atoms with Gasteiger partial charge in [-0.1, -0.05) is 18.9 Å². The first-order valence-corrected chi connectivity index (χ1v) is 9.32. The predicted molar refractivity (Wildman–Crippen MR) is 91.5 cm³/mol. The Bertz CT molecular complexity index is 721. The minimum absolute atomic E-state index is 0.00650. The van der Waals surface area contributed by atoms with E-state index in [1.165, 1.54) is 12.1 Å². The molecule has 3 amide bonds. The van der Waals surface area contributed by atoms with Gasteiger partial charge in [0.15, 0.2) is 0 Å². The van der Waals surface area contributed by atoms with Crippen molar-refractivity contribution in [3.05, 3.63) is 35.4 Å². The first kappa shape index (κ1) is 17.2. The summed E-state index contributed by atoms with van der Waals surface area (Å²) in [5.74, 6) is -1.23. The third-order valence-electron chi connectivity index (χ3n) is 5.92. The molecular formula is C19H23F2N3O2. The minimum Gasteiger partial charge on any atom is -0.350 e. The molecule has 5 nitrogen and oxygen atoms in total. The molecule has 0 radical (unpaired) electrons. The molecule has 1 aromatic carbocycles. The van der Waals surface area contributed by atoms with E-state index in [1.54, 1.807) is 4.90 Å². The van der Waals surface area contributed by atoms with Crippen LogP contribution in [-0.4, -0.2) is 41.5 Å². The van der Waals surface area contributed by atoms with E-state index in [0.29, 0.717) is 18.4 Å². The fourth-order valence-corrected chi connectivity index (χ4v) is 4.48. The fourth-order valence-electron chi connectivity index (χ4n) is 4.48. The van der Waals surface area contributed by atoms with Gasteiger partial charge in [-0.2, -0.15) is 0 Å². The summed E-state index contributed by atoms with van der Waals surface area (Å²) in [4.78, 5) is 26.2. The van der Waals surface area contributed by atoms with Crippen LogP contribution in [0.3, 0.4) is 0 Å². The molecular weight excluding hydrogens is 340 g/mol. The quantitative estimate of drug-likeness (QED) is 0.849. The second-order valence-corrected chi connectivity index (χ2v) is 7.63. The van der Waals surface area contributed by atoms with E-state index < -0.39 is 11.6 Å². The number of nitrogens with one attached hydrogen (secondary N) is 2. The third-order valence-corrected chi connectivity index (χ3v) is 5.92. The molecule has 4 rings (SSSR count). The number of carbonyl (C=O) groups excluding carboxylic acids is 2. The average molecular weight is 363 g/mol. The van der Waals surface area contributed by atoms with Crippen molar-refractivity contribution in [1.82, 2.24) is 15.5 Å². The highest BCUT2D eigenvalue weighted by Crippen LogP contribution is 2.38. The molecule has 140 valence electrons. The summed E-state index contributed by atoms with van der Waals surface area (Å²) in [5, 5.41) is 5.97. The van der Waals surface area contributed by atoms with Crippen molar-refractivity contribution in [2.45, 2.75) is 62.6 Å². The van der Waals surface area contributed by atoms with Gasteiger partial charge in [-0.3, -0.25) is 4.79 Å². The van der Waals surface area contributed by atoms with E-state index in [1.807, 2.05) is 0 Å². The van der Waals surface area contributed by atoms with Gasteiger partial charge in [0.05, 0.1) is 6.04 Å². The van der Waals surface area contributed by atoms with Crippen molar-refractivity contribution in [3.63, 3.8) is 0 Å². The molecule has 2 N–H and O–H groups in total. The molecule has 2 saturated carbocycles. The van der Waals surface area contributed by atoms with Crippen molar-refractivity contribution in [2.75, 3.05) is 6.54 Å². The number of rotatable bonds is 2. The van der Waals surface area contributed by atoms with Crippen molar-refractivity contribution >= 4 is 11.9 Å². The molecule has 7 heteroatoms. The standard InChI is InChI=1S/C19H23F2N3O2/c20-12-5-6-14(15(21)9-12)11-7-13(8-11)22-19(26)24-10-18(25)23-16-3-1-2-4-17(16)24/h5-6,9,11,13,16-17H,1-4,7-8,10H2,(H,22,26)(H,23,25). The van der Waals surface area contributed by atoms with Crippen LogP contribution in [0.5, 0.6) is 0 Å². The van der Waals surface area contributed by atoms with E-state index in [-0.39, 0.29) is 42.5 Å². The summed E-state index contributed by atoms with van der Waals surface area (Å²) in [6.07, 6.45) is 5.22. The van der Waals surface area contributed by atoms with Crippen LogP contribution in [0.2, 0.25) is 0 Å². The van der Waals surface area contributed by atoms with Crippen molar-refractivity contribution in [2.24, 2.45) is 0 Å².